The predicted octanol–water partition coefficient (Wildman–Crippen LogP) is 3.14. The smallest absolute Gasteiger partial charge is 0.405 e. The fourth-order valence-electron chi connectivity index (χ4n) is 2.26. The first kappa shape index (κ1) is 16.5. The van der Waals surface area contributed by atoms with Crippen molar-refractivity contribution in [3.63, 3.8) is 0 Å². The Balaban J connectivity index is 2.08. The third kappa shape index (κ3) is 4.82. The highest BCUT2D eigenvalue weighted by molar-refractivity contribution is 5.79. The highest BCUT2D eigenvalue weighted by Crippen LogP contribution is 2.47. The summed E-state index contributed by atoms with van der Waals surface area (Å²) in [6.45, 7) is 5.85. The van der Waals surface area contributed by atoms with Gasteiger partial charge < -0.3 is 15.8 Å². The summed E-state index contributed by atoms with van der Waals surface area (Å²) in [6, 6.07) is 6.04. The second-order valence-electron chi connectivity index (χ2n) is 6.38. The molecule has 0 amide bonds. The molecule has 122 valence electrons. The highest BCUT2D eigenvalue weighted by atomic mass is 19.4. The molecule has 0 aliphatic heterocycles. The maximum absolute atomic E-state index is 12.4. The lowest BCUT2D eigenvalue weighted by Crippen LogP contribution is -2.45. The van der Waals surface area contributed by atoms with Gasteiger partial charge in [-0.15, -0.1) is 13.2 Å². The Morgan fingerprint density at radius 2 is 1.91 bits per heavy atom. The van der Waals surface area contributed by atoms with Crippen molar-refractivity contribution in [1.82, 2.24) is 5.32 Å². The first-order chi connectivity index (χ1) is 10.1. The summed E-state index contributed by atoms with van der Waals surface area (Å²) in [5, 5.41) is 3.03. The topological polar surface area (TPSA) is 59.6 Å². The van der Waals surface area contributed by atoms with Crippen molar-refractivity contribution < 1.29 is 17.9 Å². The Morgan fingerprint density at radius 3 is 2.50 bits per heavy atom. The van der Waals surface area contributed by atoms with E-state index in [4.69, 9.17) is 5.73 Å². The zero-order chi connectivity index (χ0) is 16.5. The van der Waals surface area contributed by atoms with Crippen LogP contribution < -0.4 is 15.8 Å². The van der Waals surface area contributed by atoms with Gasteiger partial charge in [-0.1, -0.05) is 18.2 Å². The molecule has 0 heterocycles. The highest BCUT2D eigenvalue weighted by Gasteiger charge is 2.42. The summed E-state index contributed by atoms with van der Waals surface area (Å²) >= 11 is 0. The number of hydrogen-bond donors (Lipinski definition) is 2. The Kier molecular flexibility index (Phi) is 4.26. The molecular formula is C15H20F3N3O. The van der Waals surface area contributed by atoms with E-state index >= 15 is 0 Å². The van der Waals surface area contributed by atoms with Gasteiger partial charge in [0.2, 0.25) is 0 Å². The first-order valence-electron chi connectivity index (χ1n) is 7.01. The Morgan fingerprint density at radius 1 is 1.27 bits per heavy atom. The molecule has 2 atom stereocenters. The zero-order valence-corrected chi connectivity index (χ0v) is 12.7. The van der Waals surface area contributed by atoms with Crippen molar-refractivity contribution in [2.45, 2.75) is 51.1 Å². The largest absolute Gasteiger partial charge is 0.573 e. The van der Waals surface area contributed by atoms with Crippen LogP contribution in [0.15, 0.2) is 29.3 Å². The van der Waals surface area contributed by atoms with Crippen molar-refractivity contribution >= 4 is 5.96 Å². The number of nitrogens with one attached hydrogen (secondary N) is 1. The molecule has 2 rings (SSSR count). The van der Waals surface area contributed by atoms with Gasteiger partial charge in [0.1, 0.15) is 5.75 Å². The maximum atomic E-state index is 12.4. The summed E-state index contributed by atoms with van der Waals surface area (Å²) in [5.74, 6) is 0.0353. The van der Waals surface area contributed by atoms with Crippen LogP contribution in [0.3, 0.4) is 0 Å². The molecule has 0 bridgehead atoms. The number of benzene rings is 1. The number of para-hydroxylation sites is 1. The van der Waals surface area contributed by atoms with Gasteiger partial charge in [-0.2, -0.15) is 0 Å². The van der Waals surface area contributed by atoms with Crippen LogP contribution in [0.2, 0.25) is 0 Å². The maximum Gasteiger partial charge on any atom is 0.573 e. The van der Waals surface area contributed by atoms with Crippen molar-refractivity contribution in [2.75, 3.05) is 0 Å². The number of halogens is 3. The molecule has 2 unspecified atom stereocenters. The third-order valence-electron chi connectivity index (χ3n) is 3.11. The van der Waals surface area contributed by atoms with Gasteiger partial charge in [0.25, 0.3) is 0 Å². The number of rotatable bonds is 3. The molecule has 22 heavy (non-hydrogen) atoms. The van der Waals surface area contributed by atoms with Crippen molar-refractivity contribution in [2.24, 2.45) is 10.7 Å². The normalized spacial score (nSPS) is 22.4. The zero-order valence-electron chi connectivity index (χ0n) is 12.7. The van der Waals surface area contributed by atoms with Gasteiger partial charge in [-0.05, 0) is 38.8 Å². The summed E-state index contributed by atoms with van der Waals surface area (Å²) < 4.78 is 41.3. The van der Waals surface area contributed by atoms with Crippen molar-refractivity contribution in [3.05, 3.63) is 29.8 Å². The fourth-order valence-corrected chi connectivity index (χ4v) is 2.26. The summed E-state index contributed by atoms with van der Waals surface area (Å²) in [6.07, 6.45) is -4.04. The standard InChI is InChI=1S/C15H20F3N3O/c1-14(2,3)21-13(19)20-11-8-10(11)9-6-4-5-7-12(9)22-15(16,17)18/h4-7,10-11H,8H2,1-3H3,(H3,19,20,21). The summed E-state index contributed by atoms with van der Waals surface area (Å²) in [4.78, 5) is 4.32. The number of nitrogens with two attached hydrogens (primary N) is 1. The number of ether oxygens (including phenoxy) is 1. The quantitative estimate of drug-likeness (QED) is 0.665. The van der Waals surface area contributed by atoms with Crippen LogP contribution in [0.1, 0.15) is 38.7 Å². The molecule has 0 radical (unpaired) electrons. The van der Waals surface area contributed by atoms with Crippen LogP contribution in [0.25, 0.3) is 0 Å². The van der Waals surface area contributed by atoms with Gasteiger partial charge in [0, 0.05) is 11.5 Å². The van der Waals surface area contributed by atoms with Crippen molar-refractivity contribution in [3.8, 4) is 5.75 Å². The first-order valence-corrected chi connectivity index (χ1v) is 7.01. The molecule has 4 nitrogen and oxygen atoms in total. The average Bonchev–Trinajstić information content (AvgIpc) is 3.03. The monoisotopic (exact) mass is 315 g/mol. The Bertz CT molecular complexity index is 564. The number of guanidine groups is 1. The second-order valence-corrected chi connectivity index (χ2v) is 6.38. The SMILES string of the molecule is CC(C)(C)NC(N)=NC1CC1c1ccccc1OC(F)(F)F. The van der Waals surface area contributed by atoms with E-state index in [-0.39, 0.29) is 23.2 Å². The second kappa shape index (κ2) is 5.70. The molecule has 1 aliphatic carbocycles. The van der Waals surface area contributed by atoms with Gasteiger partial charge in [0.05, 0.1) is 6.04 Å². The van der Waals surface area contributed by atoms with Crippen LogP contribution in [0.4, 0.5) is 13.2 Å². The minimum Gasteiger partial charge on any atom is -0.405 e. The summed E-state index contributed by atoms with van der Waals surface area (Å²) in [5.41, 5.74) is 6.11. The molecule has 7 heteroatoms. The minimum atomic E-state index is -4.70. The molecule has 1 aromatic rings. The van der Waals surface area contributed by atoms with Gasteiger partial charge in [-0.25, -0.2) is 4.99 Å². The lowest BCUT2D eigenvalue weighted by atomic mass is 10.1. The molecule has 1 aromatic carbocycles. The van der Waals surface area contributed by atoms with Gasteiger partial charge >= 0.3 is 6.36 Å². The molecule has 1 fully saturated rings. The number of nitrogens with zero attached hydrogens (tertiary/aromatic N) is 1. The van der Waals surface area contributed by atoms with Gasteiger partial charge in [0.15, 0.2) is 5.96 Å². The van der Waals surface area contributed by atoms with E-state index in [1.165, 1.54) is 12.1 Å². The molecule has 1 saturated carbocycles. The van der Waals surface area contributed by atoms with E-state index in [0.717, 1.165) is 0 Å². The molecule has 1 aliphatic rings. The van der Waals surface area contributed by atoms with Gasteiger partial charge in [-0.3, -0.25) is 0 Å². The van der Waals surface area contributed by atoms with Crippen LogP contribution in [0, 0.1) is 0 Å². The number of hydrogen-bond acceptors (Lipinski definition) is 2. The van der Waals surface area contributed by atoms with Crippen LogP contribution >= 0.6 is 0 Å². The molecular weight excluding hydrogens is 295 g/mol. The fraction of sp³-hybridized carbons (Fsp3) is 0.533. The number of aliphatic imine (C=N–C) groups is 1. The number of alkyl halides is 3. The Labute approximate surface area is 127 Å². The van der Waals surface area contributed by atoms with Crippen LogP contribution in [-0.2, 0) is 0 Å². The van der Waals surface area contributed by atoms with Crippen LogP contribution in [-0.4, -0.2) is 23.9 Å². The molecule has 0 spiro atoms. The predicted molar refractivity (Wildman–Crippen MR) is 78.8 cm³/mol. The summed E-state index contributed by atoms with van der Waals surface area (Å²) in [7, 11) is 0. The van der Waals surface area contributed by atoms with E-state index in [2.05, 4.69) is 15.0 Å². The van der Waals surface area contributed by atoms with E-state index < -0.39 is 6.36 Å². The average molecular weight is 315 g/mol. The van der Waals surface area contributed by atoms with E-state index in [0.29, 0.717) is 17.9 Å². The van der Waals surface area contributed by atoms with E-state index in [1.807, 2.05) is 20.8 Å². The molecule has 3 N–H and O–H groups in total. The van der Waals surface area contributed by atoms with E-state index in [9.17, 15) is 13.2 Å². The lowest BCUT2D eigenvalue weighted by molar-refractivity contribution is -0.274. The third-order valence-corrected chi connectivity index (χ3v) is 3.11. The molecule has 0 aromatic heterocycles. The molecule has 0 saturated heterocycles. The Hall–Kier alpha value is -1.92. The van der Waals surface area contributed by atoms with E-state index in [1.54, 1.807) is 12.1 Å². The minimum absolute atomic E-state index is 0.0983. The van der Waals surface area contributed by atoms with Crippen molar-refractivity contribution in [1.29, 1.82) is 0 Å². The lowest BCUT2D eigenvalue weighted by Gasteiger charge is -2.21. The van der Waals surface area contributed by atoms with Crippen LogP contribution in [0.5, 0.6) is 5.75 Å².